The van der Waals surface area contributed by atoms with E-state index < -0.39 is 11.7 Å². The average molecular weight is 441 g/mol. The van der Waals surface area contributed by atoms with Crippen molar-refractivity contribution < 1.29 is 28.2 Å². The first-order valence-corrected chi connectivity index (χ1v) is 10.3. The van der Waals surface area contributed by atoms with Crippen molar-refractivity contribution in [2.24, 2.45) is 0 Å². The molecular weight excluding hydrogens is 417 g/mol. The Kier molecular flexibility index (Phi) is 5.98. The minimum atomic E-state index is -0.660. The highest BCUT2D eigenvalue weighted by molar-refractivity contribution is 6.01. The number of benzene rings is 2. The molecule has 4 rings (SSSR count). The third-order valence-corrected chi connectivity index (χ3v) is 5.86. The largest absolute Gasteiger partial charge is 0.493 e. The van der Waals surface area contributed by atoms with Gasteiger partial charge in [-0.3, -0.25) is 14.4 Å². The summed E-state index contributed by atoms with van der Waals surface area (Å²) in [6.45, 7) is 1.45. The number of piperazine rings is 1. The first-order valence-electron chi connectivity index (χ1n) is 10.3. The highest BCUT2D eigenvalue weighted by Gasteiger charge is 2.35. The molecule has 1 fully saturated rings. The quantitative estimate of drug-likeness (QED) is 0.787. The number of methoxy groups -OCH3 is 2. The van der Waals surface area contributed by atoms with E-state index in [1.165, 1.54) is 26.4 Å². The van der Waals surface area contributed by atoms with Crippen LogP contribution in [-0.2, 0) is 9.59 Å². The van der Waals surface area contributed by atoms with Gasteiger partial charge >= 0.3 is 0 Å². The monoisotopic (exact) mass is 441 g/mol. The van der Waals surface area contributed by atoms with Crippen LogP contribution in [0, 0.1) is 5.82 Å². The molecule has 0 spiro atoms. The Bertz CT molecular complexity index is 1070. The first kappa shape index (κ1) is 21.6. The number of carbonyl (C=O) groups excluding carboxylic acids is 3. The third-order valence-electron chi connectivity index (χ3n) is 5.86. The second kappa shape index (κ2) is 8.86. The minimum Gasteiger partial charge on any atom is -0.493 e. The predicted molar refractivity (Wildman–Crippen MR) is 114 cm³/mol. The summed E-state index contributed by atoms with van der Waals surface area (Å²) in [6.07, 6.45) is 0.0161. The zero-order valence-electron chi connectivity index (χ0n) is 17.9. The van der Waals surface area contributed by atoms with Gasteiger partial charge in [-0.25, -0.2) is 4.39 Å². The number of anilines is 1. The van der Waals surface area contributed by atoms with Gasteiger partial charge in [0.05, 0.1) is 20.1 Å². The number of halogens is 1. The van der Waals surface area contributed by atoms with Crippen molar-refractivity contribution in [2.45, 2.75) is 12.3 Å². The number of nitrogens with zero attached hydrogens (tertiary/aromatic N) is 2. The van der Waals surface area contributed by atoms with Crippen molar-refractivity contribution in [3.8, 4) is 11.5 Å². The summed E-state index contributed by atoms with van der Waals surface area (Å²) in [5.74, 6) is -0.786. The summed E-state index contributed by atoms with van der Waals surface area (Å²) < 4.78 is 24.0. The smallest absolute Gasteiger partial charge is 0.254 e. The van der Waals surface area contributed by atoms with Gasteiger partial charge in [0.1, 0.15) is 5.82 Å². The molecule has 1 atom stereocenters. The number of hydrogen-bond donors (Lipinski definition) is 1. The molecule has 0 aromatic heterocycles. The van der Waals surface area contributed by atoms with Crippen molar-refractivity contribution in [1.29, 1.82) is 0 Å². The van der Waals surface area contributed by atoms with Gasteiger partial charge in [0.15, 0.2) is 11.5 Å². The van der Waals surface area contributed by atoms with Crippen molar-refractivity contribution in [3.63, 3.8) is 0 Å². The van der Waals surface area contributed by atoms with E-state index in [2.05, 4.69) is 5.32 Å². The molecule has 1 N–H and O–H groups in total. The Morgan fingerprint density at radius 1 is 0.969 bits per heavy atom. The molecule has 0 radical (unpaired) electrons. The van der Waals surface area contributed by atoms with Crippen LogP contribution in [-0.4, -0.2) is 67.9 Å². The van der Waals surface area contributed by atoms with Crippen LogP contribution in [0.3, 0.4) is 0 Å². The van der Waals surface area contributed by atoms with Crippen molar-refractivity contribution in [3.05, 3.63) is 53.3 Å². The Labute approximate surface area is 184 Å². The van der Waals surface area contributed by atoms with E-state index in [1.54, 1.807) is 34.1 Å². The second-order valence-corrected chi connectivity index (χ2v) is 7.72. The summed E-state index contributed by atoms with van der Waals surface area (Å²) >= 11 is 0. The molecular formula is C23H24FN3O5. The van der Waals surface area contributed by atoms with Gasteiger partial charge in [0, 0.05) is 43.9 Å². The van der Waals surface area contributed by atoms with Gasteiger partial charge in [-0.15, -0.1) is 0 Å². The Balaban J connectivity index is 1.43. The fourth-order valence-corrected chi connectivity index (χ4v) is 4.16. The summed E-state index contributed by atoms with van der Waals surface area (Å²) in [4.78, 5) is 41.5. The molecule has 3 amide bonds. The van der Waals surface area contributed by atoms with Gasteiger partial charge < -0.3 is 24.6 Å². The van der Waals surface area contributed by atoms with Crippen LogP contribution < -0.4 is 14.8 Å². The van der Waals surface area contributed by atoms with Crippen LogP contribution in [0.15, 0.2) is 36.4 Å². The SMILES string of the molecule is COc1ccc(C(=O)N2CCN(C(=O)C3CC(=O)Nc4cc(F)ccc43)CC2)cc1OC. The van der Waals surface area contributed by atoms with Gasteiger partial charge in [0.2, 0.25) is 11.8 Å². The highest BCUT2D eigenvalue weighted by atomic mass is 19.1. The molecule has 2 aromatic carbocycles. The molecule has 2 aliphatic heterocycles. The third kappa shape index (κ3) is 4.10. The fourth-order valence-electron chi connectivity index (χ4n) is 4.16. The normalized spacial score (nSPS) is 18.0. The minimum absolute atomic E-state index is 0.0161. The van der Waals surface area contributed by atoms with Crippen LogP contribution in [0.1, 0.15) is 28.3 Å². The zero-order chi connectivity index (χ0) is 22.8. The Hall–Kier alpha value is -3.62. The van der Waals surface area contributed by atoms with E-state index in [4.69, 9.17) is 9.47 Å². The molecule has 8 nitrogen and oxygen atoms in total. The molecule has 9 heteroatoms. The fraction of sp³-hybridized carbons (Fsp3) is 0.348. The Morgan fingerprint density at radius 2 is 1.66 bits per heavy atom. The van der Waals surface area contributed by atoms with Crippen molar-refractivity contribution in [1.82, 2.24) is 9.80 Å². The molecule has 0 aliphatic carbocycles. The zero-order valence-corrected chi connectivity index (χ0v) is 17.9. The number of amides is 3. The van der Waals surface area contributed by atoms with E-state index in [0.717, 1.165) is 0 Å². The van der Waals surface area contributed by atoms with E-state index in [1.807, 2.05) is 0 Å². The summed E-state index contributed by atoms with van der Waals surface area (Å²) in [6, 6.07) is 9.06. The number of ether oxygens (including phenoxy) is 2. The van der Waals surface area contributed by atoms with E-state index in [9.17, 15) is 18.8 Å². The van der Waals surface area contributed by atoms with Crippen molar-refractivity contribution in [2.75, 3.05) is 45.7 Å². The number of hydrogen-bond acceptors (Lipinski definition) is 5. The number of fused-ring (bicyclic) bond motifs is 1. The summed E-state index contributed by atoms with van der Waals surface area (Å²) in [5, 5.41) is 2.62. The molecule has 32 heavy (non-hydrogen) atoms. The number of rotatable bonds is 4. The number of carbonyl (C=O) groups is 3. The second-order valence-electron chi connectivity index (χ2n) is 7.72. The molecule has 1 unspecified atom stereocenters. The molecule has 2 aromatic rings. The molecule has 2 heterocycles. The van der Waals surface area contributed by atoms with Gasteiger partial charge in [-0.1, -0.05) is 6.07 Å². The van der Waals surface area contributed by atoms with E-state index in [-0.39, 0.29) is 24.1 Å². The molecule has 0 saturated carbocycles. The lowest BCUT2D eigenvalue weighted by Crippen LogP contribution is -2.52. The molecule has 0 bridgehead atoms. The van der Waals surface area contributed by atoms with Crippen LogP contribution in [0.5, 0.6) is 11.5 Å². The molecule has 1 saturated heterocycles. The Morgan fingerprint density at radius 3 is 2.34 bits per heavy atom. The topological polar surface area (TPSA) is 88.2 Å². The summed E-state index contributed by atoms with van der Waals surface area (Å²) in [5.41, 5.74) is 1.42. The van der Waals surface area contributed by atoms with Crippen LogP contribution in [0.4, 0.5) is 10.1 Å². The van der Waals surface area contributed by atoms with Crippen LogP contribution >= 0.6 is 0 Å². The maximum atomic E-state index is 13.6. The van der Waals surface area contributed by atoms with Crippen LogP contribution in [0.25, 0.3) is 0 Å². The summed E-state index contributed by atoms with van der Waals surface area (Å²) in [7, 11) is 3.04. The lowest BCUT2D eigenvalue weighted by molar-refractivity contribution is -0.136. The first-order chi connectivity index (χ1) is 15.4. The number of nitrogens with one attached hydrogen (secondary N) is 1. The highest BCUT2D eigenvalue weighted by Crippen LogP contribution is 2.34. The lowest BCUT2D eigenvalue weighted by atomic mass is 9.89. The van der Waals surface area contributed by atoms with Gasteiger partial charge in [0.25, 0.3) is 5.91 Å². The standard InChI is InChI=1S/C23H24FN3O5/c1-31-19-6-3-14(11-20(19)32-2)22(29)26-7-9-27(10-8-26)23(30)17-13-21(28)25-18-12-15(24)4-5-16(17)18/h3-6,11-12,17H,7-10,13H2,1-2H3,(H,25,28). The van der Waals surface area contributed by atoms with Crippen molar-refractivity contribution >= 4 is 23.4 Å². The maximum Gasteiger partial charge on any atom is 0.254 e. The predicted octanol–water partition coefficient (Wildman–Crippen LogP) is 2.25. The van der Waals surface area contributed by atoms with Gasteiger partial charge in [-0.05, 0) is 35.9 Å². The average Bonchev–Trinajstić information content (AvgIpc) is 2.81. The van der Waals surface area contributed by atoms with E-state index in [0.29, 0.717) is 54.5 Å². The van der Waals surface area contributed by atoms with Gasteiger partial charge in [-0.2, -0.15) is 0 Å². The lowest BCUT2D eigenvalue weighted by Gasteiger charge is -2.37. The molecule has 168 valence electrons. The maximum absolute atomic E-state index is 13.6. The molecule has 2 aliphatic rings. The van der Waals surface area contributed by atoms with E-state index >= 15 is 0 Å². The van der Waals surface area contributed by atoms with Crippen LogP contribution in [0.2, 0.25) is 0 Å².